The van der Waals surface area contributed by atoms with Crippen LogP contribution in [0.25, 0.3) is 0 Å². The van der Waals surface area contributed by atoms with Gasteiger partial charge in [0.15, 0.2) is 12.4 Å². The zero-order chi connectivity index (χ0) is 18.4. The molecule has 0 saturated carbocycles. The quantitative estimate of drug-likeness (QED) is 0.768. The predicted octanol–water partition coefficient (Wildman–Crippen LogP) is 1.22. The molecule has 1 fully saturated rings. The minimum Gasteiger partial charge on any atom is -0.497 e. The number of nitrogens with zero attached hydrogens (tertiary/aromatic N) is 4. The van der Waals surface area contributed by atoms with Crippen molar-refractivity contribution >= 4 is 11.7 Å². The van der Waals surface area contributed by atoms with E-state index in [-0.39, 0.29) is 12.5 Å². The first-order valence-electron chi connectivity index (χ1n) is 8.37. The van der Waals surface area contributed by atoms with E-state index < -0.39 is 0 Å². The van der Waals surface area contributed by atoms with Crippen molar-refractivity contribution in [3.8, 4) is 17.4 Å². The monoisotopic (exact) mass is 358 g/mol. The number of hydrogen-bond acceptors (Lipinski definition) is 7. The Balaban J connectivity index is 1.48. The van der Waals surface area contributed by atoms with Crippen molar-refractivity contribution in [1.29, 1.82) is 0 Å². The lowest BCUT2D eigenvalue weighted by Gasteiger charge is -2.35. The number of benzene rings is 1. The number of aromatic nitrogens is 2. The van der Waals surface area contributed by atoms with E-state index in [1.165, 1.54) is 0 Å². The van der Waals surface area contributed by atoms with E-state index in [0.717, 1.165) is 5.82 Å². The van der Waals surface area contributed by atoms with Gasteiger partial charge in [0.2, 0.25) is 5.88 Å². The molecule has 0 atom stereocenters. The molecule has 8 nitrogen and oxygen atoms in total. The number of ether oxygens (including phenoxy) is 3. The van der Waals surface area contributed by atoms with Gasteiger partial charge in [-0.1, -0.05) is 6.07 Å². The summed E-state index contributed by atoms with van der Waals surface area (Å²) in [5.41, 5.74) is 0. The number of anilines is 1. The van der Waals surface area contributed by atoms with Crippen LogP contribution < -0.4 is 19.1 Å². The van der Waals surface area contributed by atoms with Crippen LogP contribution in [0.1, 0.15) is 0 Å². The topological polar surface area (TPSA) is 77.0 Å². The Labute approximate surface area is 152 Å². The van der Waals surface area contributed by atoms with Gasteiger partial charge in [-0.15, -0.1) is 10.2 Å². The van der Waals surface area contributed by atoms with Gasteiger partial charge in [0.1, 0.15) is 11.5 Å². The van der Waals surface area contributed by atoms with E-state index in [1.807, 2.05) is 18.2 Å². The summed E-state index contributed by atoms with van der Waals surface area (Å²) >= 11 is 0. The van der Waals surface area contributed by atoms with Crippen LogP contribution in [-0.2, 0) is 4.79 Å². The summed E-state index contributed by atoms with van der Waals surface area (Å²) in [5.74, 6) is 2.55. The Morgan fingerprint density at radius 2 is 1.77 bits per heavy atom. The van der Waals surface area contributed by atoms with Crippen LogP contribution >= 0.6 is 0 Å². The molecule has 2 heterocycles. The zero-order valence-electron chi connectivity index (χ0n) is 14.9. The van der Waals surface area contributed by atoms with Crippen LogP contribution in [0.5, 0.6) is 17.4 Å². The highest BCUT2D eigenvalue weighted by molar-refractivity contribution is 5.78. The molecule has 1 saturated heterocycles. The predicted molar refractivity (Wildman–Crippen MR) is 95.9 cm³/mol. The molecule has 0 radical (unpaired) electrons. The van der Waals surface area contributed by atoms with Gasteiger partial charge in [-0.25, -0.2) is 0 Å². The fraction of sp³-hybridized carbons (Fsp3) is 0.389. The van der Waals surface area contributed by atoms with Crippen molar-refractivity contribution in [3.05, 3.63) is 36.4 Å². The average molecular weight is 358 g/mol. The van der Waals surface area contributed by atoms with Gasteiger partial charge in [0, 0.05) is 38.3 Å². The van der Waals surface area contributed by atoms with E-state index in [2.05, 4.69) is 15.1 Å². The SMILES string of the molecule is COc1cccc(OCC(=O)N2CCN(c3ccc(OC)nn3)CC2)c1. The largest absolute Gasteiger partial charge is 0.497 e. The molecule has 1 aliphatic rings. The molecule has 8 heteroatoms. The Morgan fingerprint density at radius 1 is 1.00 bits per heavy atom. The highest BCUT2D eigenvalue weighted by atomic mass is 16.5. The molecule has 0 unspecified atom stereocenters. The molecule has 26 heavy (non-hydrogen) atoms. The second-order valence-electron chi connectivity index (χ2n) is 5.77. The van der Waals surface area contributed by atoms with Crippen LogP contribution in [0, 0.1) is 0 Å². The standard InChI is InChI=1S/C18H22N4O4/c1-24-14-4-3-5-15(12-14)26-13-18(23)22-10-8-21(9-11-22)16-6-7-17(25-2)20-19-16/h3-7,12H,8-11,13H2,1-2H3. The number of piperazine rings is 1. The highest BCUT2D eigenvalue weighted by Crippen LogP contribution is 2.19. The molecule has 0 bridgehead atoms. The summed E-state index contributed by atoms with van der Waals surface area (Å²) in [6.45, 7) is 2.65. The average Bonchev–Trinajstić information content (AvgIpc) is 2.72. The van der Waals surface area contributed by atoms with Crippen LogP contribution in [0.15, 0.2) is 36.4 Å². The summed E-state index contributed by atoms with van der Waals surface area (Å²) in [5, 5.41) is 8.13. The minimum absolute atomic E-state index is 0.00943. The third-order valence-electron chi connectivity index (χ3n) is 4.20. The lowest BCUT2D eigenvalue weighted by molar-refractivity contribution is -0.133. The van der Waals surface area contributed by atoms with Gasteiger partial charge < -0.3 is 24.0 Å². The van der Waals surface area contributed by atoms with Crippen molar-refractivity contribution in [3.63, 3.8) is 0 Å². The molecule has 1 aromatic heterocycles. The van der Waals surface area contributed by atoms with Gasteiger partial charge >= 0.3 is 0 Å². The second kappa shape index (κ2) is 8.37. The van der Waals surface area contributed by atoms with Gasteiger partial charge in [-0.2, -0.15) is 0 Å². The fourth-order valence-electron chi connectivity index (χ4n) is 2.70. The van der Waals surface area contributed by atoms with Gasteiger partial charge in [-0.3, -0.25) is 4.79 Å². The summed E-state index contributed by atoms with van der Waals surface area (Å²) in [6.07, 6.45) is 0. The zero-order valence-corrected chi connectivity index (χ0v) is 14.9. The summed E-state index contributed by atoms with van der Waals surface area (Å²) in [7, 11) is 3.15. The second-order valence-corrected chi connectivity index (χ2v) is 5.77. The van der Waals surface area contributed by atoms with Crippen LogP contribution in [0.2, 0.25) is 0 Å². The van der Waals surface area contributed by atoms with E-state index >= 15 is 0 Å². The lowest BCUT2D eigenvalue weighted by atomic mass is 10.3. The van der Waals surface area contributed by atoms with E-state index in [9.17, 15) is 4.79 Å². The summed E-state index contributed by atoms with van der Waals surface area (Å²) in [4.78, 5) is 16.3. The Bertz CT molecular complexity index is 730. The maximum atomic E-state index is 12.4. The van der Waals surface area contributed by atoms with Gasteiger partial charge in [0.05, 0.1) is 14.2 Å². The highest BCUT2D eigenvalue weighted by Gasteiger charge is 2.22. The summed E-state index contributed by atoms with van der Waals surface area (Å²) in [6, 6.07) is 10.9. The number of carbonyl (C=O) groups excluding carboxylic acids is 1. The molecular weight excluding hydrogens is 336 g/mol. The molecule has 0 N–H and O–H groups in total. The third kappa shape index (κ3) is 4.33. The van der Waals surface area contributed by atoms with Crippen LogP contribution in [0.3, 0.4) is 0 Å². The molecule has 138 valence electrons. The Kier molecular flexibility index (Phi) is 5.73. The molecule has 1 aliphatic heterocycles. The number of amides is 1. The van der Waals surface area contributed by atoms with Crippen LogP contribution in [-0.4, -0.2) is 68.0 Å². The van der Waals surface area contributed by atoms with E-state index in [1.54, 1.807) is 37.3 Å². The first kappa shape index (κ1) is 17.8. The molecular formula is C18H22N4O4. The Hall–Kier alpha value is -3.03. The Morgan fingerprint density at radius 3 is 2.42 bits per heavy atom. The molecule has 0 spiro atoms. The number of rotatable bonds is 6. The first-order valence-corrected chi connectivity index (χ1v) is 8.37. The maximum absolute atomic E-state index is 12.4. The molecule has 0 aliphatic carbocycles. The van der Waals surface area contributed by atoms with Crippen molar-refractivity contribution in [1.82, 2.24) is 15.1 Å². The van der Waals surface area contributed by atoms with Crippen molar-refractivity contribution < 1.29 is 19.0 Å². The van der Waals surface area contributed by atoms with Crippen molar-refractivity contribution in [2.75, 3.05) is 51.9 Å². The molecule has 2 aromatic rings. The lowest BCUT2D eigenvalue weighted by Crippen LogP contribution is -2.50. The van der Waals surface area contributed by atoms with Crippen LogP contribution in [0.4, 0.5) is 5.82 Å². The molecule has 1 aromatic carbocycles. The molecule has 3 rings (SSSR count). The number of methoxy groups -OCH3 is 2. The number of hydrogen-bond donors (Lipinski definition) is 0. The minimum atomic E-state index is -0.0340. The van der Waals surface area contributed by atoms with E-state index in [4.69, 9.17) is 14.2 Å². The number of carbonyl (C=O) groups is 1. The van der Waals surface area contributed by atoms with Gasteiger partial charge in [-0.05, 0) is 18.2 Å². The third-order valence-corrected chi connectivity index (χ3v) is 4.20. The van der Waals surface area contributed by atoms with Crippen molar-refractivity contribution in [2.24, 2.45) is 0 Å². The smallest absolute Gasteiger partial charge is 0.260 e. The fourth-order valence-corrected chi connectivity index (χ4v) is 2.70. The van der Waals surface area contributed by atoms with Crippen molar-refractivity contribution in [2.45, 2.75) is 0 Å². The summed E-state index contributed by atoms with van der Waals surface area (Å²) < 4.78 is 15.7. The normalized spacial score (nSPS) is 14.1. The first-order chi connectivity index (χ1) is 12.7. The van der Waals surface area contributed by atoms with E-state index in [0.29, 0.717) is 43.6 Å². The maximum Gasteiger partial charge on any atom is 0.260 e. The van der Waals surface area contributed by atoms with Gasteiger partial charge in [0.25, 0.3) is 5.91 Å². The molecule has 1 amide bonds.